The van der Waals surface area contributed by atoms with Crippen molar-refractivity contribution in [2.75, 3.05) is 13.4 Å². The molecule has 0 aliphatic carbocycles. The number of rotatable bonds is 2. The van der Waals surface area contributed by atoms with Crippen molar-refractivity contribution in [1.29, 1.82) is 0 Å². The van der Waals surface area contributed by atoms with Crippen LogP contribution in [-0.4, -0.2) is 13.4 Å². The van der Waals surface area contributed by atoms with E-state index in [0.29, 0.717) is 0 Å². The van der Waals surface area contributed by atoms with Crippen LogP contribution in [0, 0.1) is 0 Å². The molecule has 0 saturated carbocycles. The Bertz CT molecular complexity index is 90.0. The normalized spacial score (nSPS) is 16.4. The van der Waals surface area contributed by atoms with Crippen LogP contribution in [-0.2, 0) is 28.6 Å². The fraction of sp³-hybridized carbons (Fsp3) is 1.00. The van der Waals surface area contributed by atoms with Crippen molar-refractivity contribution < 1.29 is 28.6 Å². The smallest absolute Gasteiger partial charge is 0.309 e. The zero-order valence-electron chi connectivity index (χ0n) is 4.83. The Balaban J connectivity index is 0. The minimum atomic E-state index is -2.54. The molecule has 0 spiro atoms. The summed E-state index contributed by atoms with van der Waals surface area (Å²) in [7, 11) is 1.38. The summed E-state index contributed by atoms with van der Waals surface area (Å²) in [4.78, 5) is 0. The zero-order chi connectivity index (χ0) is 5.91. The first-order chi connectivity index (χ1) is 3.12. The van der Waals surface area contributed by atoms with Crippen LogP contribution in [0.5, 0.6) is 0 Å². The molecule has 0 aliphatic rings. The maximum atomic E-state index is 10.6. The van der Waals surface area contributed by atoms with E-state index in [2.05, 4.69) is 16.8 Å². The SMILES string of the molecule is COP(=O)(S)SC.[Zn]. The van der Waals surface area contributed by atoms with Gasteiger partial charge in [-0.05, 0) is 6.26 Å². The van der Waals surface area contributed by atoms with Gasteiger partial charge in [-0.25, -0.2) is 0 Å². The molecule has 0 aromatic heterocycles. The molecule has 0 saturated heterocycles. The summed E-state index contributed by atoms with van der Waals surface area (Å²) in [5.41, 5.74) is 0. The first kappa shape index (κ1) is 12.2. The zero-order valence-corrected chi connectivity index (χ0v) is 10.4. The summed E-state index contributed by atoms with van der Waals surface area (Å²) in [5.74, 6) is -2.54. The van der Waals surface area contributed by atoms with Crippen LogP contribution < -0.4 is 0 Å². The van der Waals surface area contributed by atoms with Crippen molar-refractivity contribution in [2.24, 2.45) is 0 Å². The van der Waals surface area contributed by atoms with Gasteiger partial charge >= 0.3 is 5.77 Å². The van der Waals surface area contributed by atoms with Crippen molar-refractivity contribution in [2.45, 2.75) is 0 Å². The molecule has 0 N–H and O–H groups in total. The Labute approximate surface area is 71.3 Å². The molecule has 0 radical (unpaired) electrons. The molecule has 8 heavy (non-hydrogen) atoms. The monoisotopic (exact) mass is 222 g/mol. The molecule has 0 amide bonds. The van der Waals surface area contributed by atoms with Gasteiger partial charge in [0.05, 0.1) is 0 Å². The van der Waals surface area contributed by atoms with Crippen molar-refractivity contribution >= 4 is 29.4 Å². The van der Waals surface area contributed by atoms with Gasteiger partial charge in [-0.2, -0.15) is 0 Å². The van der Waals surface area contributed by atoms with Crippen LogP contribution in [0.4, 0.5) is 0 Å². The van der Waals surface area contributed by atoms with Gasteiger partial charge in [-0.15, -0.1) is 0 Å². The molecular weight excluding hydrogens is 217 g/mol. The second-order valence-corrected chi connectivity index (χ2v) is 7.43. The average Bonchev–Trinajstić information content (AvgIpc) is 1.68. The molecule has 1 unspecified atom stereocenters. The van der Waals surface area contributed by atoms with Gasteiger partial charge in [0.25, 0.3) is 0 Å². The summed E-state index contributed by atoms with van der Waals surface area (Å²) in [6, 6.07) is 0. The van der Waals surface area contributed by atoms with Crippen LogP contribution in [0.25, 0.3) is 0 Å². The van der Waals surface area contributed by atoms with Gasteiger partial charge in [0.2, 0.25) is 0 Å². The topological polar surface area (TPSA) is 26.3 Å². The Morgan fingerprint density at radius 3 is 2.12 bits per heavy atom. The minimum absolute atomic E-state index is 0. The van der Waals surface area contributed by atoms with Gasteiger partial charge in [-0.3, -0.25) is 4.57 Å². The molecule has 2 nitrogen and oxygen atoms in total. The predicted octanol–water partition coefficient (Wildman–Crippen LogP) is 2.03. The van der Waals surface area contributed by atoms with Gasteiger partial charge in [-0.1, -0.05) is 23.6 Å². The van der Waals surface area contributed by atoms with Gasteiger partial charge in [0.1, 0.15) is 0 Å². The molecule has 0 heterocycles. The van der Waals surface area contributed by atoms with Crippen molar-refractivity contribution in [1.82, 2.24) is 0 Å². The van der Waals surface area contributed by atoms with Gasteiger partial charge < -0.3 is 4.52 Å². The van der Waals surface area contributed by atoms with E-state index in [1.54, 1.807) is 6.26 Å². The summed E-state index contributed by atoms with van der Waals surface area (Å²) in [6.45, 7) is 0. The van der Waals surface area contributed by atoms with Crippen LogP contribution >= 0.6 is 29.4 Å². The number of hydrogen-bond acceptors (Lipinski definition) is 3. The van der Waals surface area contributed by atoms with E-state index in [9.17, 15) is 4.57 Å². The fourth-order valence-electron chi connectivity index (χ4n) is 0.0745. The van der Waals surface area contributed by atoms with Crippen LogP contribution in [0.3, 0.4) is 0 Å². The van der Waals surface area contributed by atoms with E-state index in [-0.39, 0.29) is 19.5 Å². The predicted molar refractivity (Wildman–Crippen MR) is 37.1 cm³/mol. The molecule has 0 aliphatic heterocycles. The molecule has 0 aromatic carbocycles. The van der Waals surface area contributed by atoms with Crippen molar-refractivity contribution in [3.8, 4) is 0 Å². The Hall–Kier alpha value is 1.51. The second-order valence-electron chi connectivity index (χ2n) is 0.834. The number of thiol groups is 1. The third-order valence-electron chi connectivity index (χ3n) is 0.461. The van der Waals surface area contributed by atoms with Gasteiger partial charge in [0, 0.05) is 26.6 Å². The van der Waals surface area contributed by atoms with Crippen molar-refractivity contribution in [3.05, 3.63) is 0 Å². The molecular formula is C2H7O2PS2Zn. The number of hydrogen-bond donors (Lipinski definition) is 1. The Kier molecular flexibility index (Phi) is 8.11. The second kappa shape index (κ2) is 5.31. The Morgan fingerprint density at radius 1 is 1.75 bits per heavy atom. The molecule has 0 fully saturated rings. The maximum absolute atomic E-state index is 10.6. The molecule has 0 aromatic rings. The molecule has 0 bridgehead atoms. The van der Waals surface area contributed by atoms with Gasteiger partial charge in [0.15, 0.2) is 0 Å². The average molecular weight is 224 g/mol. The fourth-order valence-corrected chi connectivity index (χ4v) is 0.671. The summed E-state index contributed by atoms with van der Waals surface area (Å²) in [6.07, 6.45) is 1.69. The third-order valence-corrected chi connectivity index (χ3v) is 5.18. The van der Waals surface area contributed by atoms with Crippen molar-refractivity contribution in [3.63, 3.8) is 0 Å². The van der Waals surface area contributed by atoms with Crippen LogP contribution in [0.1, 0.15) is 0 Å². The first-order valence-corrected chi connectivity index (χ1v) is 6.17. The molecule has 6 heteroatoms. The molecule has 1 atom stereocenters. The van der Waals surface area contributed by atoms with Crippen LogP contribution in [0.15, 0.2) is 0 Å². The third kappa shape index (κ3) is 5.65. The standard InChI is InChI=1S/C2H7O2PS2.Zn/c1-4-5(3,6)7-2;/h1-2H3,(H,3,6);. The van der Waals surface area contributed by atoms with E-state index in [1.807, 2.05) is 0 Å². The van der Waals surface area contributed by atoms with E-state index >= 15 is 0 Å². The summed E-state index contributed by atoms with van der Waals surface area (Å²) < 4.78 is 15.0. The van der Waals surface area contributed by atoms with E-state index < -0.39 is 5.77 Å². The van der Waals surface area contributed by atoms with E-state index in [4.69, 9.17) is 0 Å². The quantitative estimate of drug-likeness (QED) is 0.441. The van der Waals surface area contributed by atoms with E-state index in [1.165, 1.54) is 7.11 Å². The molecule has 0 rings (SSSR count). The largest absolute Gasteiger partial charge is 0.317 e. The molecule has 46 valence electrons. The minimum Gasteiger partial charge on any atom is -0.317 e. The Morgan fingerprint density at radius 2 is 2.12 bits per heavy atom. The van der Waals surface area contributed by atoms with Crippen LogP contribution in [0.2, 0.25) is 0 Å². The maximum Gasteiger partial charge on any atom is 0.309 e. The van der Waals surface area contributed by atoms with E-state index in [0.717, 1.165) is 11.4 Å². The summed E-state index contributed by atoms with van der Waals surface area (Å²) in [5, 5.41) is 0. The summed E-state index contributed by atoms with van der Waals surface area (Å²) >= 11 is 4.81. The first-order valence-electron chi connectivity index (χ1n) is 1.56.